The Labute approximate surface area is 168 Å². The molecule has 2 N–H and O–H groups in total. The van der Waals surface area contributed by atoms with Gasteiger partial charge in [-0.2, -0.15) is 0 Å². The van der Waals surface area contributed by atoms with Crippen molar-refractivity contribution in [3.63, 3.8) is 0 Å². The van der Waals surface area contributed by atoms with E-state index in [9.17, 15) is 9.18 Å². The van der Waals surface area contributed by atoms with Crippen molar-refractivity contribution in [2.24, 2.45) is 0 Å². The summed E-state index contributed by atoms with van der Waals surface area (Å²) in [5, 5.41) is 12.0. The highest BCUT2D eigenvalue weighted by molar-refractivity contribution is 5.68. The molecular weight excluding hydrogens is 373 g/mol. The zero-order valence-electron chi connectivity index (χ0n) is 16.0. The van der Waals surface area contributed by atoms with Gasteiger partial charge < -0.3 is 19.9 Å². The van der Waals surface area contributed by atoms with E-state index in [1.807, 2.05) is 48.5 Å². The molecule has 3 aromatic carbocycles. The van der Waals surface area contributed by atoms with E-state index < -0.39 is 5.97 Å². The fraction of sp³-hybridized carbons (Fsp3) is 0.174. The lowest BCUT2D eigenvalue weighted by Crippen LogP contribution is -2.19. The molecule has 0 spiro atoms. The van der Waals surface area contributed by atoms with Gasteiger partial charge in [0.2, 0.25) is 0 Å². The van der Waals surface area contributed by atoms with Gasteiger partial charge in [0.1, 0.15) is 29.7 Å². The van der Waals surface area contributed by atoms with Crippen LogP contribution in [0.25, 0.3) is 0 Å². The summed E-state index contributed by atoms with van der Waals surface area (Å²) in [6.45, 7) is 0.352. The van der Waals surface area contributed by atoms with Crippen molar-refractivity contribution in [1.29, 1.82) is 0 Å². The minimum atomic E-state index is -0.854. The average molecular weight is 395 g/mol. The second-order valence-electron chi connectivity index (χ2n) is 6.50. The van der Waals surface area contributed by atoms with Gasteiger partial charge in [0, 0.05) is 6.04 Å². The molecular formula is C23H22FNO4. The van der Waals surface area contributed by atoms with E-state index in [0.717, 1.165) is 11.1 Å². The fourth-order valence-corrected chi connectivity index (χ4v) is 2.86. The molecule has 0 aliphatic heterocycles. The second kappa shape index (κ2) is 9.71. The van der Waals surface area contributed by atoms with E-state index in [2.05, 4.69) is 5.32 Å². The molecule has 0 aromatic heterocycles. The molecule has 0 bridgehead atoms. The summed E-state index contributed by atoms with van der Waals surface area (Å²) in [5.74, 6) is 0.713. The molecule has 0 radical (unpaired) electrons. The summed E-state index contributed by atoms with van der Waals surface area (Å²) >= 11 is 0. The molecule has 0 saturated heterocycles. The van der Waals surface area contributed by atoms with Crippen LogP contribution in [0, 0.1) is 5.82 Å². The van der Waals surface area contributed by atoms with Crippen LogP contribution in [-0.2, 0) is 11.4 Å². The molecule has 3 rings (SSSR count). The van der Waals surface area contributed by atoms with Crippen LogP contribution in [0.15, 0.2) is 72.8 Å². The largest absolute Gasteiger partial charge is 0.489 e. The van der Waals surface area contributed by atoms with Crippen molar-refractivity contribution >= 4 is 5.97 Å². The number of hydrogen-bond acceptors (Lipinski definition) is 4. The number of aliphatic carboxylic acids is 1. The first-order chi connectivity index (χ1) is 14.0. The van der Waals surface area contributed by atoms with Crippen molar-refractivity contribution < 1.29 is 23.8 Å². The van der Waals surface area contributed by atoms with Crippen LogP contribution in [-0.4, -0.2) is 18.1 Å². The van der Waals surface area contributed by atoms with Gasteiger partial charge in [-0.3, -0.25) is 4.79 Å². The maximum Gasteiger partial charge on any atom is 0.305 e. The third kappa shape index (κ3) is 6.05. The zero-order chi connectivity index (χ0) is 20.6. The molecule has 0 amide bonds. The summed E-state index contributed by atoms with van der Waals surface area (Å²) < 4.78 is 24.6. The van der Waals surface area contributed by atoms with Gasteiger partial charge in [-0.25, -0.2) is 4.39 Å². The number of halogens is 1. The summed E-state index contributed by atoms with van der Waals surface area (Å²) in [7, 11) is 1.74. The third-order valence-corrected chi connectivity index (χ3v) is 4.36. The summed E-state index contributed by atoms with van der Waals surface area (Å²) in [6, 6.07) is 20.4. The second-order valence-corrected chi connectivity index (χ2v) is 6.50. The Morgan fingerprint density at radius 3 is 2.34 bits per heavy atom. The lowest BCUT2D eigenvalue weighted by atomic mass is 10.0. The van der Waals surface area contributed by atoms with E-state index in [-0.39, 0.29) is 18.3 Å². The van der Waals surface area contributed by atoms with E-state index in [4.69, 9.17) is 14.6 Å². The molecule has 0 fully saturated rings. The van der Waals surface area contributed by atoms with Gasteiger partial charge in [0.25, 0.3) is 0 Å². The maximum absolute atomic E-state index is 13.0. The van der Waals surface area contributed by atoms with E-state index in [0.29, 0.717) is 23.9 Å². The average Bonchev–Trinajstić information content (AvgIpc) is 2.73. The van der Waals surface area contributed by atoms with Crippen molar-refractivity contribution in [1.82, 2.24) is 5.32 Å². The maximum atomic E-state index is 13.0. The van der Waals surface area contributed by atoms with Crippen molar-refractivity contribution in [2.75, 3.05) is 7.05 Å². The number of carboxylic acid groups (broad SMARTS) is 1. The van der Waals surface area contributed by atoms with E-state index in [1.165, 1.54) is 12.1 Å². The number of carbonyl (C=O) groups is 1. The van der Waals surface area contributed by atoms with Gasteiger partial charge in [-0.15, -0.1) is 0 Å². The van der Waals surface area contributed by atoms with Gasteiger partial charge in [0.05, 0.1) is 6.42 Å². The Morgan fingerprint density at radius 1 is 1.00 bits per heavy atom. The minimum Gasteiger partial charge on any atom is -0.489 e. The molecule has 5 nitrogen and oxygen atoms in total. The predicted molar refractivity (Wildman–Crippen MR) is 108 cm³/mol. The Morgan fingerprint density at radius 2 is 1.69 bits per heavy atom. The summed E-state index contributed by atoms with van der Waals surface area (Å²) in [5.41, 5.74) is 1.81. The molecule has 29 heavy (non-hydrogen) atoms. The first-order valence-electron chi connectivity index (χ1n) is 9.17. The monoisotopic (exact) mass is 395 g/mol. The lowest BCUT2D eigenvalue weighted by Gasteiger charge is -2.15. The Bertz CT molecular complexity index is 942. The normalized spacial score (nSPS) is 11.7. The number of ether oxygens (including phenoxy) is 2. The molecule has 0 heterocycles. The molecule has 0 aliphatic rings. The van der Waals surface area contributed by atoms with Crippen molar-refractivity contribution in [3.05, 3.63) is 89.7 Å². The SMILES string of the molecule is CN[C@@H](CC(=O)O)c1ccc(OCc2cccc(Oc3ccc(F)cc3)c2)cc1. The topological polar surface area (TPSA) is 67.8 Å². The molecule has 150 valence electrons. The lowest BCUT2D eigenvalue weighted by molar-refractivity contribution is -0.137. The standard InChI is InChI=1S/C23H22FNO4/c1-25-22(14-23(26)27)17-5-9-19(10-6-17)28-15-16-3-2-4-21(13-16)29-20-11-7-18(24)8-12-20/h2-13,22,25H,14-15H2,1H3,(H,26,27)/t22-/m0/s1. The predicted octanol–water partition coefficient (Wildman–Crippen LogP) is 4.93. The summed E-state index contributed by atoms with van der Waals surface area (Å²) in [6.07, 6.45) is 0.0115. The van der Waals surface area contributed by atoms with Crippen LogP contribution >= 0.6 is 0 Å². The van der Waals surface area contributed by atoms with E-state index >= 15 is 0 Å². The number of nitrogens with one attached hydrogen (secondary N) is 1. The van der Waals surface area contributed by atoms with Gasteiger partial charge >= 0.3 is 5.97 Å². The first-order valence-corrected chi connectivity index (χ1v) is 9.17. The molecule has 6 heteroatoms. The highest BCUT2D eigenvalue weighted by Crippen LogP contribution is 2.24. The number of rotatable bonds is 9. The molecule has 1 atom stereocenters. The van der Waals surface area contributed by atoms with Crippen LogP contribution < -0.4 is 14.8 Å². The highest BCUT2D eigenvalue weighted by Gasteiger charge is 2.13. The number of carboxylic acids is 1. The third-order valence-electron chi connectivity index (χ3n) is 4.36. The molecule has 0 saturated carbocycles. The van der Waals surface area contributed by atoms with Crippen molar-refractivity contribution in [2.45, 2.75) is 19.1 Å². The van der Waals surface area contributed by atoms with Crippen LogP contribution in [0.5, 0.6) is 17.2 Å². The molecule has 0 aliphatic carbocycles. The van der Waals surface area contributed by atoms with E-state index in [1.54, 1.807) is 19.2 Å². The Kier molecular flexibility index (Phi) is 6.81. The van der Waals surface area contributed by atoms with Gasteiger partial charge in [-0.05, 0) is 66.7 Å². The Balaban J connectivity index is 1.59. The number of hydrogen-bond donors (Lipinski definition) is 2. The summed E-state index contributed by atoms with van der Waals surface area (Å²) in [4.78, 5) is 10.9. The first kappa shape index (κ1) is 20.4. The van der Waals surface area contributed by atoms with Crippen molar-refractivity contribution in [3.8, 4) is 17.2 Å². The quantitative estimate of drug-likeness (QED) is 0.538. The molecule has 3 aromatic rings. The highest BCUT2D eigenvalue weighted by atomic mass is 19.1. The van der Waals surface area contributed by atoms with Crippen LogP contribution in [0.3, 0.4) is 0 Å². The van der Waals surface area contributed by atoms with Gasteiger partial charge in [0.15, 0.2) is 0 Å². The van der Waals surface area contributed by atoms with Gasteiger partial charge in [-0.1, -0.05) is 24.3 Å². The van der Waals surface area contributed by atoms with Crippen LogP contribution in [0.2, 0.25) is 0 Å². The van der Waals surface area contributed by atoms with Crippen LogP contribution in [0.4, 0.5) is 4.39 Å². The van der Waals surface area contributed by atoms with Crippen LogP contribution in [0.1, 0.15) is 23.6 Å². The Hall–Kier alpha value is -3.38. The zero-order valence-corrected chi connectivity index (χ0v) is 16.0. The minimum absolute atomic E-state index is 0.0115. The fourth-order valence-electron chi connectivity index (χ4n) is 2.86. The number of benzene rings is 3. The molecule has 0 unspecified atom stereocenters. The smallest absolute Gasteiger partial charge is 0.305 e.